The van der Waals surface area contributed by atoms with Crippen molar-refractivity contribution in [2.75, 3.05) is 18.1 Å². The lowest BCUT2D eigenvalue weighted by atomic mass is 10.1. The molecule has 116 valence electrons. The number of hydrogen-bond donors (Lipinski definition) is 1. The van der Waals surface area contributed by atoms with Crippen LogP contribution in [0.4, 0.5) is 0 Å². The van der Waals surface area contributed by atoms with Crippen molar-refractivity contribution >= 4 is 21.7 Å². The Hall–Kier alpha value is -1.97. The molecule has 2 rings (SSSR count). The Morgan fingerprint density at radius 2 is 2.19 bits per heavy atom. The minimum Gasteiger partial charge on any atom is -0.481 e. The van der Waals surface area contributed by atoms with E-state index in [1.807, 2.05) is 0 Å². The van der Waals surface area contributed by atoms with Crippen molar-refractivity contribution < 1.29 is 23.1 Å². The van der Waals surface area contributed by atoms with E-state index >= 15 is 0 Å². The van der Waals surface area contributed by atoms with Gasteiger partial charge < -0.3 is 10.0 Å². The number of carboxylic acids is 1. The van der Waals surface area contributed by atoms with Crippen LogP contribution in [0.5, 0.6) is 0 Å². The zero-order valence-corrected chi connectivity index (χ0v) is 12.2. The Morgan fingerprint density at radius 1 is 1.48 bits per heavy atom. The highest BCUT2D eigenvalue weighted by molar-refractivity contribution is 7.91. The van der Waals surface area contributed by atoms with Gasteiger partial charge in [0, 0.05) is 6.54 Å². The van der Waals surface area contributed by atoms with Crippen LogP contribution in [-0.4, -0.2) is 69.2 Å². The van der Waals surface area contributed by atoms with Crippen molar-refractivity contribution in [3.8, 4) is 0 Å². The van der Waals surface area contributed by atoms with Crippen LogP contribution in [0.15, 0.2) is 12.7 Å². The molecule has 2 unspecified atom stereocenters. The topological polar surface area (TPSA) is 122 Å². The second kappa shape index (κ2) is 5.80. The Balaban J connectivity index is 2.19. The van der Waals surface area contributed by atoms with Gasteiger partial charge in [-0.25, -0.2) is 18.1 Å². The molecule has 1 aromatic heterocycles. The summed E-state index contributed by atoms with van der Waals surface area (Å²) >= 11 is 0. The van der Waals surface area contributed by atoms with Crippen LogP contribution in [0.25, 0.3) is 0 Å². The van der Waals surface area contributed by atoms with E-state index in [0.717, 1.165) is 0 Å². The second-order valence-electron chi connectivity index (χ2n) is 4.95. The van der Waals surface area contributed by atoms with Crippen LogP contribution in [-0.2, 0) is 19.4 Å². The third-order valence-corrected chi connectivity index (χ3v) is 5.11. The quantitative estimate of drug-likeness (QED) is 0.751. The van der Waals surface area contributed by atoms with E-state index in [4.69, 9.17) is 5.11 Å². The first-order valence-corrected chi connectivity index (χ1v) is 8.19. The lowest BCUT2D eigenvalue weighted by Gasteiger charge is -2.36. The Kier molecular flexibility index (Phi) is 4.26. The summed E-state index contributed by atoms with van der Waals surface area (Å²) in [5.41, 5.74) is 0. The highest BCUT2D eigenvalue weighted by atomic mass is 32.2. The molecule has 0 spiro atoms. The summed E-state index contributed by atoms with van der Waals surface area (Å²) in [5.74, 6) is -1.97. The van der Waals surface area contributed by atoms with Gasteiger partial charge in [-0.3, -0.25) is 9.59 Å². The van der Waals surface area contributed by atoms with E-state index in [-0.39, 0.29) is 24.0 Å². The second-order valence-corrected chi connectivity index (χ2v) is 7.18. The Morgan fingerprint density at radius 3 is 2.76 bits per heavy atom. The van der Waals surface area contributed by atoms with Gasteiger partial charge in [0.1, 0.15) is 18.7 Å². The summed E-state index contributed by atoms with van der Waals surface area (Å²) in [4.78, 5) is 28.4. The van der Waals surface area contributed by atoms with Gasteiger partial charge >= 0.3 is 5.97 Å². The van der Waals surface area contributed by atoms with Gasteiger partial charge in [-0.15, -0.1) is 0 Å². The van der Waals surface area contributed by atoms with Crippen LogP contribution in [0, 0.1) is 0 Å². The highest BCUT2D eigenvalue weighted by Crippen LogP contribution is 2.19. The fourth-order valence-electron chi connectivity index (χ4n) is 2.32. The number of aliphatic carboxylic acids is 1. The van der Waals surface area contributed by atoms with Crippen molar-refractivity contribution in [1.82, 2.24) is 19.7 Å². The lowest BCUT2D eigenvalue weighted by molar-refractivity contribution is -0.141. The first-order chi connectivity index (χ1) is 9.80. The molecule has 0 radical (unpaired) electrons. The van der Waals surface area contributed by atoms with Crippen LogP contribution < -0.4 is 0 Å². The average molecular weight is 316 g/mol. The van der Waals surface area contributed by atoms with Crippen molar-refractivity contribution in [1.29, 1.82) is 0 Å². The molecule has 1 saturated heterocycles. The van der Waals surface area contributed by atoms with E-state index in [1.165, 1.54) is 22.2 Å². The van der Waals surface area contributed by atoms with E-state index in [1.54, 1.807) is 6.92 Å². The van der Waals surface area contributed by atoms with Gasteiger partial charge in [0.25, 0.3) is 0 Å². The normalized spacial score (nSPS) is 22.7. The summed E-state index contributed by atoms with van der Waals surface area (Å²) in [6, 6.07) is -1.51. The van der Waals surface area contributed by atoms with Gasteiger partial charge in [-0.1, -0.05) is 0 Å². The maximum absolute atomic E-state index is 12.4. The average Bonchev–Trinajstić information content (AvgIpc) is 2.89. The smallest absolute Gasteiger partial charge is 0.305 e. The fraction of sp³-hybridized carbons (Fsp3) is 0.636. The predicted molar refractivity (Wildman–Crippen MR) is 71.1 cm³/mol. The van der Waals surface area contributed by atoms with Crippen LogP contribution in [0.2, 0.25) is 0 Å². The SMILES string of the molecule is CC(C(=O)N1CCS(=O)(=O)CC1CC(=O)O)n1cncn1. The van der Waals surface area contributed by atoms with Crippen LogP contribution in [0.3, 0.4) is 0 Å². The summed E-state index contributed by atoms with van der Waals surface area (Å²) in [7, 11) is -3.32. The molecule has 0 bridgehead atoms. The van der Waals surface area contributed by atoms with Crippen molar-refractivity contribution in [3.63, 3.8) is 0 Å². The van der Waals surface area contributed by atoms with E-state index in [9.17, 15) is 18.0 Å². The van der Waals surface area contributed by atoms with E-state index < -0.39 is 34.3 Å². The zero-order chi connectivity index (χ0) is 15.6. The van der Waals surface area contributed by atoms with E-state index in [2.05, 4.69) is 10.1 Å². The Bertz CT molecular complexity index is 627. The third-order valence-electron chi connectivity index (χ3n) is 3.41. The van der Waals surface area contributed by atoms with Crippen LogP contribution >= 0.6 is 0 Å². The number of aromatic nitrogens is 3. The van der Waals surface area contributed by atoms with Gasteiger partial charge in [-0.2, -0.15) is 5.10 Å². The molecule has 9 nitrogen and oxygen atoms in total. The summed E-state index contributed by atoms with van der Waals surface area (Å²) < 4.78 is 24.7. The molecule has 10 heteroatoms. The molecule has 2 atom stereocenters. The summed E-state index contributed by atoms with van der Waals surface area (Å²) in [6.07, 6.45) is 2.28. The standard InChI is InChI=1S/C11H16N4O5S/c1-8(15-7-12-6-13-15)11(18)14-2-3-21(19,20)5-9(14)4-10(16)17/h6-9H,2-5H2,1H3,(H,16,17). The molecule has 0 saturated carbocycles. The number of nitrogens with zero attached hydrogens (tertiary/aromatic N) is 4. The molecule has 1 amide bonds. The number of carbonyl (C=O) groups is 2. The maximum atomic E-state index is 12.4. The molecule has 21 heavy (non-hydrogen) atoms. The maximum Gasteiger partial charge on any atom is 0.305 e. The molecule has 1 aliphatic rings. The fourth-order valence-corrected chi connectivity index (χ4v) is 3.84. The minimum atomic E-state index is -3.32. The largest absolute Gasteiger partial charge is 0.481 e. The number of carboxylic acid groups (broad SMARTS) is 1. The number of hydrogen-bond acceptors (Lipinski definition) is 6. The molecular weight excluding hydrogens is 300 g/mol. The summed E-state index contributed by atoms with van der Waals surface area (Å²) in [5, 5.41) is 12.8. The molecule has 1 aromatic rings. The van der Waals surface area contributed by atoms with Crippen molar-refractivity contribution in [3.05, 3.63) is 12.7 Å². The van der Waals surface area contributed by atoms with Gasteiger partial charge in [-0.05, 0) is 6.92 Å². The molecule has 0 aromatic carbocycles. The zero-order valence-electron chi connectivity index (χ0n) is 11.4. The van der Waals surface area contributed by atoms with E-state index in [0.29, 0.717) is 0 Å². The first-order valence-electron chi connectivity index (χ1n) is 6.37. The number of rotatable bonds is 4. The van der Waals surface area contributed by atoms with Crippen molar-refractivity contribution in [2.45, 2.75) is 25.4 Å². The Labute approximate surface area is 121 Å². The van der Waals surface area contributed by atoms with Gasteiger partial charge in [0.2, 0.25) is 5.91 Å². The monoisotopic (exact) mass is 316 g/mol. The van der Waals surface area contributed by atoms with Crippen LogP contribution in [0.1, 0.15) is 19.4 Å². The number of carbonyl (C=O) groups excluding carboxylic acids is 1. The first kappa shape index (κ1) is 15.4. The molecular formula is C11H16N4O5S. The number of sulfone groups is 1. The number of amides is 1. The third kappa shape index (κ3) is 3.57. The molecule has 1 fully saturated rings. The molecule has 1 N–H and O–H groups in total. The van der Waals surface area contributed by atoms with Gasteiger partial charge in [0.05, 0.1) is 24.0 Å². The van der Waals surface area contributed by atoms with Crippen molar-refractivity contribution in [2.24, 2.45) is 0 Å². The predicted octanol–water partition coefficient (Wildman–Crippen LogP) is -1.06. The summed E-state index contributed by atoms with van der Waals surface area (Å²) in [6.45, 7) is 1.61. The lowest BCUT2D eigenvalue weighted by Crippen LogP contribution is -2.53. The minimum absolute atomic E-state index is 0.00183. The highest BCUT2D eigenvalue weighted by Gasteiger charge is 2.37. The molecule has 2 heterocycles. The van der Waals surface area contributed by atoms with Gasteiger partial charge in [0.15, 0.2) is 9.84 Å². The molecule has 0 aliphatic carbocycles. The molecule has 1 aliphatic heterocycles.